The highest BCUT2D eigenvalue weighted by atomic mass is 32.1. The second kappa shape index (κ2) is 9.97. The number of hydrogen-bond acceptors (Lipinski definition) is 4. The minimum Gasteiger partial charge on any atom is -0.464 e. The van der Waals surface area contributed by atoms with Crippen molar-refractivity contribution in [2.75, 3.05) is 12.4 Å². The van der Waals surface area contributed by atoms with E-state index in [0.717, 1.165) is 12.8 Å². The highest BCUT2D eigenvalue weighted by Crippen LogP contribution is 2.13. The number of rotatable bonds is 9. The molecule has 16 heavy (non-hydrogen) atoms. The Bertz CT molecular complexity index is 188. The number of esters is 1. The molecule has 0 aliphatic heterocycles. The molecule has 0 aliphatic carbocycles. The first-order valence-corrected chi connectivity index (χ1v) is 6.81. The summed E-state index contributed by atoms with van der Waals surface area (Å²) in [5.74, 6) is 0.805. The molecule has 0 radical (unpaired) electrons. The van der Waals surface area contributed by atoms with Crippen molar-refractivity contribution in [3.05, 3.63) is 0 Å². The van der Waals surface area contributed by atoms with E-state index in [4.69, 9.17) is 10.5 Å². The van der Waals surface area contributed by atoms with Crippen LogP contribution in [0.15, 0.2) is 0 Å². The Morgan fingerprint density at radius 2 is 2.06 bits per heavy atom. The van der Waals surface area contributed by atoms with Gasteiger partial charge in [-0.15, -0.1) is 0 Å². The number of carbonyl (C=O) groups is 1. The van der Waals surface area contributed by atoms with E-state index in [1.807, 2.05) is 0 Å². The van der Waals surface area contributed by atoms with E-state index in [1.165, 1.54) is 12.8 Å². The molecule has 0 rings (SSSR count). The second-order valence-corrected chi connectivity index (χ2v) is 4.61. The minimum absolute atomic E-state index is 0.288. The van der Waals surface area contributed by atoms with Gasteiger partial charge in [0.2, 0.25) is 0 Å². The van der Waals surface area contributed by atoms with Gasteiger partial charge in [0.1, 0.15) is 6.04 Å². The van der Waals surface area contributed by atoms with Crippen molar-refractivity contribution in [3.63, 3.8) is 0 Å². The highest BCUT2D eigenvalue weighted by molar-refractivity contribution is 7.80. The SMILES string of the molecule is CCCCC(CC)COC(=O)C(N)CCS. The summed E-state index contributed by atoms with van der Waals surface area (Å²) in [6.07, 6.45) is 5.13. The fourth-order valence-corrected chi connectivity index (χ4v) is 1.74. The molecule has 0 aromatic heterocycles. The van der Waals surface area contributed by atoms with Crippen molar-refractivity contribution in [2.45, 2.75) is 52.0 Å². The first-order valence-electron chi connectivity index (χ1n) is 6.18. The van der Waals surface area contributed by atoms with Crippen molar-refractivity contribution in [3.8, 4) is 0 Å². The van der Waals surface area contributed by atoms with Crippen LogP contribution in [0.5, 0.6) is 0 Å². The summed E-state index contributed by atoms with van der Waals surface area (Å²) in [5.41, 5.74) is 5.63. The van der Waals surface area contributed by atoms with Crippen LogP contribution in [0, 0.1) is 5.92 Å². The first kappa shape index (κ1) is 15.8. The molecule has 0 bridgehead atoms. The molecule has 2 atom stereocenters. The second-order valence-electron chi connectivity index (χ2n) is 4.17. The van der Waals surface area contributed by atoms with Crippen molar-refractivity contribution in [1.82, 2.24) is 0 Å². The number of unbranched alkanes of at least 4 members (excludes halogenated alkanes) is 1. The van der Waals surface area contributed by atoms with Crippen LogP contribution in [0.4, 0.5) is 0 Å². The Balaban J connectivity index is 3.78. The van der Waals surface area contributed by atoms with E-state index in [2.05, 4.69) is 26.5 Å². The highest BCUT2D eigenvalue weighted by Gasteiger charge is 2.16. The average molecular weight is 247 g/mol. The van der Waals surface area contributed by atoms with Crippen LogP contribution in [0.2, 0.25) is 0 Å². The fraction of sp³-hybridized carbons (Fsp3) is 0.917. The Hall–Kier alpha value is -0.220. The summed E-state index contributed by atoms with van der Waals surface area (Å²) in [7, 11) is 0. The molecule has 0 fully saturated rings. The normalized spacial score (nSPS) is 14.5. The van der Waals surface area contributed by atoms with E-state index in [-0.39, 0.29) is 5.97 Å². The fourth-order valence-electron chi connectivity index (χ4n) is 1.46. The van der Waals surface area contributed by atoms with Crippen LogP contribution in [-0.4, -0.2) is 24.4 Å². The van der Waals surface area contributed by atoms with Gasteiger partial charge in [-0.2, -0.15) is 12.6 Å². The maximum atomic E-state index is 11.4. The molecule has 0 amide bonds. The van der Waals surface area contributed by atoms with Crippen molar-refractivity contribution in [2.24, 2.45) is 11.7 Å². The monoisotopic (exact) mass is 247 g/mol. The Kier molecular flexibility index (Phi) is 9.83. The smallest absolute Gasteiger partial charge is 0.322 e. The minimum atomic E-state index is -0.513. The quantitative estimate of drug-likeness (QED) is 0.486. The number of hydrogen-bond donors (Lipinski definition) is 2. The molecular formula is C12H25NO2S. The number of thiol groups is 1. The van der Waals surface area contributed by atoms with Crippen molar-refractivity contribution < 1.29 is 9.53 Å². The molecule has 0 aliphatic rings. The van der Waals surface area contributed by atoms with Gasteiger partial charge in [0.15, 0.2) is 0 Å². The maximum Gasteiger partial charge on any atom is 0.322 e. The lowest BCUT2D eigenvalue weighted by Crippen LogP contribution is -2.33. The largest absolute Gasteiger partial charge is 0.464 e. The third-order valence-corrected chi connectivity index (χ3v) is 3.01. The molecule has 3 nitrogen and oxygen atoms in total. The van der Waals surface area contributed by atoms with Crippen LogP contribution in [0.3, 0.4) is 0 Å². The number of carbonyl (C=O) groups excluding carboxylic acids is 1. The van der Waals surface area contributed by atoms with Crippen LogP contribution < -0.4 is 5.73 Å². The van der Waals surface area contributed by atoms with Gasteiger partial charge in [-0.1, -0.05) is 33.1 Å². The van der Waals surface area contributed by atoms with Crippen molar-refractivity contribution in [1.29, 1.82) is 0 Å². The lowest BCUT2D eigenvalue weighted by atomic mass is 10.0. The summed E-state index contributed by atoms with van der Waals surface area (Å²) in [4.78, 5) is 11.4. The molecule has 0 heterocycles. The van der Waals surface area contributed by atoms with Gasteiger partial charge < -0.3 is 10.5 Å². The van der Waals surface area contributed by atoms with Crippen LogP contribution in [0.1, 0.15) is 46.0 Å². The molecule has 96 valence electrons. The lowest BCUT2D eigenvalue weighted by Gasteiger charge is -2.16. The zero-order valence-corrected chi connectivity index (χ0v) is 11.3. The summed E-state index contributed by atoms with van der Waals surface area (Å²) in [6, 6.07) is -0.513. The Morgan fingerprint density at radius 3 is 2.56 bits per heavy atom. The lowest BCUT2D eigenvalue weighted by molar-refractivity contribution is -0.146. The van der Waals surface area contributed by atoms with Gasteiger partial charge >= 0.3 is 5.97 Å². The summed E-state index contributed by atoms with van der Waals surface area (Å²) < 4.78 is 5.21. The molecule has 0 aromatic carbocycles. The third-order valence-electron chi connectivity index (χ3n) is 2.75. The molecule has 0 aromatic rings. The van der Waals surface area contributed by atoms with E-state index in [1.54, 1.807) is 0 Å². The van der Waals surface area contributed by atoms with Crippen LogP contribution in [-0.2, 0) is 9.53 Å². The van der Waals surface area contributed by atoms with Gasteiger partial charge in [-0.25, -0.2) is 0 Å². The Labute approximate surface area is 105 Å². The molecule has 0 saturated carbocycles. The number of ether oxygens (including phenoxy) is 1. The predicted octanol–water partition coefficient (Wildman–Crippen LogP) is 2.39. The topological polar surface area (TPSA) is 52.3 Å². The molecular weight excluding hydrogens is 222 g/mol. The van der Waals surface area contributed by atoms with Crippen molar-refractivity contribution >= 4 is 18.6 Å². The molecule has 0 saturated heterocycles. The van der Waals surface area contributed by atoms with Gasteiger partial charge in [0.25, 0.3) is 0 Å². The van der Waals surface area contributed by atoms with Crippen LogP contribution in [0.25, 0.3) is 0 Å². The predicted molar refractivity (Wildman–Crippen MR) is 70.7 cm³/mol. The third kappa shape index (κ3) is 7.12. The van der Waals surface area contributed by atoms with E-state index < -0.39 is 6.04 Å². The van der Waals surface area contributed by atoms with Crippen LogP contribution >= 0.6 is 12.6 Å². The van der Waals surface area contributed by atoms with Gasteiger partial charge in [-0.3, -0.25) is 4.79 Å². The first-order chi connectivity index (χ1) is 7.65. The zero-order chi connectivity index (χ0) is 12.4. The molecule has 2 unspecified atom stereocenters. The molecule has 4 heteroatoms. The Morgan fingerprint density at radius 1 is 1.38 bits per heavy atom. The molecule has 2 N–H and O–H groups in total. The summed E-state index contributed by atoms with van der Waals surface area (Å²) >= 11 is 4.04. The van der Waals surface area contributed by atoms with Gasteiger partial charge in [0.05, 0.1) is 6.61 Å². The summed E-state index contributed by atoms with van der Waals surface area (Å²) in [5, 5.41) is 0. The van der Waals surface area contributed by atoms with E-state index >= 15 is 0 Å². The number of nitrogens with two attached hydrogens (primary N) is 1. The zero-order valence-electron chi connectivity index (χ0n) is 10.4. The maximum absolute atomic E-state index is 11.4. The van der Waals surface area contributed by atoms with E-state index in [0.29, 0.717) is 24.7 Å². The van der Waals surface area contributed by atoms with Gasteiger partial charge in [0, 0.05) is 0 Å². The van der Waals surface area contributed by atoms with E-state index in [9.17, 15) is 4.79 Å². The summed E-state index contributed by atoms with van der Waals surface area (Å²) in [6.45, 7) is 4.80. The standard InChI is InChI=1S/C12H25NO2S/c1-3-5-6-10(4-2)9-15-12(14)11(13)7-8-16/h10-11,16H,3-9,13H2,1-2H3. The van der Waals surface area contributed by atoms with Gasteiger partial charge in [-0.05, 0) is 24.5 Å². The molecule has 0 spiro atoms. The average Bonchev–Trinajstić information content (AvgIpc) is 2.29.